The van der Waals surface area contributed by atoms with Crippen LogP contribution in [0.3, 0.4) is 0 Å². The minimum Gasteiger partial charge on any atom is -0.107 e. The van der Waals surface area contributed by atoms with Gasteiger partial charge in [-0.3, -0.25) is 0 Å². The molecule has 0 nitrogen and oxygen atoms in total. The van der Waals surface area contributed by atoms with Gasteiger partial charge in [0.2, 0.25) is 0 Å². The minimum absolute atomic E-state index is 0. The molecule has 0 bridgehead atoms. The summed E-state index contributed by atoms with van der Waals surface area (Å²) in [6.45, 7) is 0. The van der Waals surface area contributed by atoms with Crippen molar-refractivity contribution in [3.63, 3.8) is 0 Å². The van der Waals surface area contributed by atoms with Crippen LogP contribution in [0, 0.1) is 0 Å². The molecular weight excluding hydrogens is 199 g/mol. The summed E-state index contributed by atoms with van der Waals surface area (Å²) >= 11 is 1.40. The molecule has 56 valence electrons. The molecule has 0 radical (unpaired) electrons. The topological polar surface area (TPSA) is 0 Å². The fourth-order valence-electron chi connectivity index (χ4n) is 0. The highest BCUT2D eigenvalue weighted by atomic mass is 127. The summed E-state index contributed by atoms with van der Waals surface area (Å²) in [6.07, 6.45) is 0. The first-order valence-electron chi connectivity index (χ1n) is 0.378. The third-order valence-electron chi connectivity index (χ3n) is 0. The lowest BCUT2D eigenvalue weighted by atomic mass is 12.0. The zero-order chi connectivity index (χ0) is 2.00. The smallest absolute Gasteiger partial charge is 0.107 e. The normalized spacial score (nSPS) is 1.00. The predicted molar refractivity (Wildman–Crippen MR) is 55.8 cm³/mol. The largest absolute Gasteiger partial charge is 0.107 e. The minimum atomic E-state index is 0. The maximum Gasteiger partial charge on any atom is 0.107 e. The summed E-state index contributed by atoms with van der Waals surface area (Å²) in [4.78, 5) is 0. The van der Waals surface area contributed by atoms with Crippen LogP contribution in [0.15, 0.2) is 0 Å². The third kappa shape index (κ3) is 283. The zero-order valence-electron chi connectivity index (χ0n) is 1.38. The Bertz CT molecular complexity index is 8.49. The van der Waals surface area contributed by atoms with Crippen LogP contribution in [0.25, 0.3) is 0 Å². The van der Waals surface area contributed by atoms with Crippen LogP contribution in [0.5, 0.6) is 0 Å². The van der Waals surface area contributed by atoms with Crippen molar-refractivity contribution in [1.29, 1.82) is 0.594 Å². The summed E-state index contributed by atoms with van der Waals surface area (Å²) in [6, 6.07) is 0. The molecule has 0 amide bonds. The van der Waals surface area contributed by atoms with Crippen LogP contribution >= 0.6 is 23.8 Å². The van der Waals surface area contributed by atoms with Gasteiger partial charge in [-0.2, -0.15) is 0 Å². The van der Waals surface area contributed by atoms with Crippen LogP contribution in [-0.2, 0) is 0 Å². The SMILES string of the molecule is C.C.C.C.C.C.[2H]I. The van der Waals surface area contributed by atoms with Crippen molar-refractivity contribution in [2.24, 2.45) is 0 Å². The number of halogens is 1. The van der Waals surface area contributed by atoms with Crippen LogP contribution in [-0.4, -0.2) is 0.594 Å². The summed E-state index contributed by atoms with van der Waals surface area (Å²) in [7, 11) is 0. The molecule has 0 heterocycles. The predicted octanol–water partition coefficient (Wildman–Crippen LogP) is 4.43. The van der Waals surface area contributed by atoms with E-state index in [4.69, 9.17) is 0.594 Å². The Labute approximate surface area is 69.2 Å². The van der Waals surface area contributed by atoms with Gasteiger partial charge in [0.25, 0.3) is 0 Å². The van der Waals surface area contributed by atoms with Gasteiger partial charge in [0.1, 0.15) is 0.594 Å². The quantitative estimate of drug-likeness (QED) is 0.535. The van der Waals surface area contributed by atoms with E-state index in [2.05, 4.69) is 0 Å². The van der Waals surface area contributed by atoms with Crippen molar-refractivity contribution >= 4 is 23.8 Å². The van der Waals surface area contributed by atoms with E-state index in [0.29, 0.717) is 0 Å². The molecular formula is C6H25I. The van der Waals surface area contributed by atoms with Crippen molar-refractivity contribution in [3.05, 3.63) is 0 Å². The third-order valence-corrected chi connectivity index (χ3v) is 0. The van der Waals surface area contributed by atoms with E-state index in [1.807, 2.05) is 0 Å². The Morgan fingerprint density at radius 3 is 0.571 bits per heavy atom. The highest BCUT2D eigenvalue weighted by molar-refractivity contribution is 14.0. The maximum absolute atomic E-state index is 5.72. The monoisotopic (exact) mass is 225 g/mol. The number of rotatable bonds is 0. The van der Waals surface area contributed by atoms with Gasteiger partial charge in [0.15, 0.2) is 0 Å². The summed E-state index contributed by atoms with van der Waals surface area (Å²) < 4.78 is 5.72. The molecule has 0 fully saturated rings. The van der Waals surface area contributed by atoms with E-state index < -0.39 is 0 Å². The Morgan fingerprint density at radius 2 is 0.571 bits per heavy atom. The van der Waals surface area contributed by atoms with E-state index >= 15 is 0 Å². The lowest BCUT2D eigenvalue weighted by Crippen LogP contribution is 0.143. The van der Waals surface area contributed by atoms with Crippen molar-refractivity contribution < 1.29 is 0 Å². The summed E-state index contributed by atoms with van der Waals surface area (Å²) in [5.74, 6) is 0. The molecule has 0 saturated heterocycles. The maximum atomic E-state index is 5.72. The molecule has 0 aliphatic carbocycles. The van der Waals surface area contributed by atoms with E-state index in [1.54, 1.807) is 0 Å². The average Bonchev–Trinajstić information content (AvgIpc) is 1.00. The lowest BCUT2D eigenvalue weighted by Gasteiger charge is -0.108. The lowest BCUT2D eigenvalue weighted by molar-refractivity contribution is 2.50. The Balaban J connectivity index is -0.000000000333. The first-order chi connectivity index (χ1) is 1.00. The van der Waals surface area contributed by atoms with Crippen LogP contribution in [0.1, 0.15) is 44.6 Å². The Kier molecular flexibility index (Phi) is 6930. The molecule has 0 aromatic carbocycles. The molecule has 0 saturated carbocycles. The van der Waals surface area contributed by atoms with Gasteiger partial charge in [-0.1, -0.05) is 44.6 Å². The van der Waals surface area contributed by atoms with Gasteiger partial charge in [-0.25, -0.2) is 0 Å². The highest BCUT2D eigenvalue weighted by Gasteiger charge is -0.0724. The van der Waals surface area contributed by atoms with E-state index in [0.717, 1.165) is 0 Å². The van der Waals surface area contributed by atoms with E-state index in [1.165, 1.54) is 23.8 Å². The molecule has 0 unspecified atom stereocenters. The molecule has 0 N–H and O–H groups in total. The van der Waals surface area contributed by atoms with E-state index in [9.17, 15) is 0 Å². The van der Waals surface area contributed by atoms with Crippen LogP contribution in [0.4, 0.5) is 0 Å². The second kappa shape index (κ2) is 415. The van der Waals surface area contributed by atoms with Gasteiger partial charge in [-0.05, 0) is 0 Å². The molecule has 7 heavy (non-hydrogen) atoms. The summed E-state index contributed by atoms with van der Waals surface area (Å²) in [5.41, 5.74) is 0. The first kappa shape index (κ1) is 117. The molecule has 0 aromatic rings. The standard InChI is InChI=1S/6CH4.HI/h6*1H4;1H/i/hD. The van der Waals surface area contributed by atoms with Crippen molar-refractivity contribution in [3.8, 4) is 0 Å². The van der Waals surface area contributed by atoms with Gasteiger partial charge in [0.05, 0.1) is 0 Å². The van der Waals surface area contributed by atoms with Gasteiger partial charge >= 0.3 is 0 Å². The molecule has 0 rings (SSSR count). The van der Waals surface area contributed by atoms with Crippen molar-refractivity contribution in [2.45, 2.75) is 44.6 Å². The van der Waals surface area contributed by atoms with Crippen molar-refractivity contribution in [2.75, 3.05) is 0 Å². The second-order valence-electron chi connectivity index (χ2n) is 0. The van der Waals surface area contributed by atoms with Crippen molar-refractivity contribution in [1.82, 2.24) is 0 Å². The molecule has 0 atom stereocenters. The number of hydrogen-bond donors (Lipinski definition) is 0. The fraction of sp³-hybridized carbons (Fsp3) is 1.00. The molecule has 0 aromatic heterocycles. The molecule has 0 spiro atoms. The van der Waals surface area contributed by atoms with Gasteiger partial charge in [-0.15, -0.1) is 23.8 Å². The van der Waals surface area contributed by atoms with E-state index in [-0.39, 0.29) is 44.6 Å². The fourth-order valence-corrected chi connectivity index (χ4v) is 0. The number of hydrogen-bond acceptors (Lipinski definition) is 0. The zero-order valence-corrected chi connectivity index (χ0v) is 2.54. The Morgan fingerprint density at radius 1 is 0.571 bits per heavy atom. The van der Waals surface area contributed by atoms with Gasteiger partial charge < -0.3 is 0 Å². The van der Waals surface area contributed by atoms with Crippen LogP contribution in [0.2, 0.25) is 0 Å². The average molecular weight is 225 g/mol. The molecule has 1 heteroatoms. The molecule has 0 aliphatic rings. The Hall–Kier alpha value is 0.730. The molecule has 0 aliphatic heterocycles. The van der Waals surface area contributed by atoms with Crippen LogP contribution < -0.4 is 0 Å². The first-order valence-corrected chi connectivity index (χ1v) is 0. The second-order valence-corrected chi connectivity index (χ2v) is 0. The van der Waals surface area contributed by atoms with Gasteiger partial charge in [0, 0.05) is 0 Å². The summed E-state index contributed by atoms with van der Waals surface area (Å²) in [5, 5.41) is 0. The highest BCUT2D eigenvalue weighted by Crippen LogP contribution is 0.886.